The highest BCUT2D eigenvalue weighted by molar-refractivity contribution is 9.09. The van der Waals surface area contributed by atoms with Gasteiger partial charge in [0.15, 0.2) is 23.5 Å². The lowest BCUT2D eigenvalue weighted by Gasteiger charge is -2.17. The number of esters is 1. The number of halogens is 2. The zero-order chi connectivity index (χ0) is 18.7. The Kier molecular flexibility index (Phi) is 6.28. The molecule has 8 nitrogen and oxygen atoms in total. The fourth-order valence-corrected chi connectivity index (χ4v) is 3.29. The van der Waals surface area contributed by atoms with Crippen LogP contribution in [0.25, 0.3) is 0 Å². The number of nitrogens with zero attached hydrogens (tertiary/aromatic N) is 2. The number of rotatable bonds is 6. The van der Waals surface area contributed by atoms with Crippen molar-refractivity contribution < 1.29 is 23.5 Å². The first-order chi connectivity index (χ1) is 11.7. The van der Waals surface area contributed by atoms with Crippen LogP contribution in [0.1, 0.15) is 39.3 Å². The predicted octanol–water partition coefficient (Wildman–Crippen LogP) is 1.32. The molecule has 1 saturated heterocycles. The number of alkyl halides is 1. The summed E-state index contributed by atoms with van der Waals surface area (Å²) < 4.78 is 25.2. The molecule has 4 atom stereocenters. The number of carbonyl (C=O) groups is 2. The summed E-state index contributed by atoms with van der Waals surface area (Å²) in [6, 6.07) is 0. The molecule has 0 amide bonds. The quantitative estimate of drug-likeness (QED) is 0.546. The second-order valence-corrected chi connectivity index (χ2v) is 6.98. The SMILES string of the molecule is CC(=O)OC(C)C(=O)CCC1OC(n2cc(F)c(N)nc2=O)CC1Br. The van der Waals surface area contributed by atoms with Crippen molar-refractivity contribution in [3.63, 3.8) is 0 Å². The number of Topliss-reactive ketones (excluding diaryl/α,β-unsaturated/α-hetero) is 1. The van der Waals surface area contributed by atoms with E-state index in [1.807, 2.05) is 0 Å². The molecule has 2 heterocycles. The summed E-state index contributed by atoms with van der Waals surface area (Å²) in [5, 5.41) is 0. The average molecular weight is 420 g/mol. The third kappa shape index (κ3) is 4.85. The van der Waals surface area contributed by atoms with Crippen molar-refractivity contribution in [1.82, 2.24) is 9.55 Å². The molecule has 1 aromatic heterocycles. The Bertz CT molecular complexity index is 726. The second-order valence-electron chi connectivity index (χ2n) is 5.80. The average Bonchev–Trinajstić information content (AvgIpc) is 2.88. The van der Waals surface area contributed by atoms with E-state index in [0.29, 0.717) is 12.8 Å². The van der Waals surface area contributed by atoms with Gasteiger partial charge in [-0.05, 0) is 13.3 Å². The van der Waals surface area contributed by atoms with Gasteiger partial charge >= 0.3 is 11.7 Å². The first-order valence-electron chi connectivity index (χ1n) is 7.72. The standard InChI is InChI=1S/C15H19BrFN3O5/c1-7(24-8(2)21)11(22)3-4-12-9(16)5-13(25-12)20-6-10(17)14(18)19-15(20)23/h6-7,9,12-13H,3-5H2,1-2H3,(H2,18,19,23). The van der Waals surface area contributed by atoms with E-state index in [4.69, 9.17) is 15.2 Å². The molecule has 0 aliphatic carbocycles. The minimum Gasteiger partial charge on any atom is -0.455 e. The monoisotopic (exact) mass is 419 g/mol. The molecule has 1 fully saturated rings. The fourth-order valence-electron chi connectivity index (χ4n) is 2.58. The molecule has 1 aliphatic heterocycles. The van der Waals surface area contributed by atoms with E-state index in [9.17, 15) is 18.8 Å². The number of nitrogens with two attached hydrogens (primary N) is 1. The van der Waals surface area contributed by atoms with Gasteiger partial charge in [0.1, 0.15) is 6.23 Å². The maximum atomic E-state index is 13.6. The van der Waals surface area contributed by atoms with Crippen molar-refractivity contribution >= 4 is 33.5 Å². The molecule has 2 N–H and O–H groups in total. The highest BCUT2D eigenvalue weighted by Gasteiger charge is 2.35. The Morgan fingerprint density at radius 2 is 2.28 bits per heavy atom. The molecule has 0 spiro atoms. The van der Waals surface area contributed by atoms with Crippen molar-refractivity contribution in [1.29, 1.82) is 0 Å². The number of carbonyl (C=O) groups excluding carboxylic acids is 2. The van der Waals surface area contributed by atoms with Gasteiger partial charge in [0, 0.05) is 24.6 Å². The largest absolute Gasteiger partial charge is 0.455 e. The van der Waals surface area contributed by atoms with Gasteiger partial charge in [-0.2, -0.15) is 4.98 Å². The summed E-state index contributed by atoms with van der Waals surface area (Å²) in [6.07, 6.45) is 0.0143. The van der Waals surface area contributed by atoms with Crippen molar-refractivity contribution in [3.8, 4) is 0 Å². The van der Waals surface area contributed by atoms with E-state index < -0.39 is 35.6 Å². The zero-order valence-corrected chi connectivity index (χ0v) is 15.4. The smallest absolute Gasteiger partial charge is 0.351 e. The van der Waals surface area contributed by atoms with E-state index in [1.165, 1.54) is 13.8 Å². The van der Waals surface area contributed by atoms with E-state index in [1.54, 1.807) is 0 Å². The van der Waals surface area contributed by atoms with Crippen LogP contribution in [0.15, 0.2) is 11.0 Å². The van der Waals surface area contributed by atoms with E-state index in [2.05, 4.69) is 20.9 Å². The van der Waals surface area contributed by atoms with Crippen LogP contribution in [0.3, 0.4) is 0 Å². The third-order valence-corrected chi connectivity index (χ3v) is 4.84. The van der Waals surface area contributed by atoms with Gasteiger partial charge < -0.3 is 15.2 Å². The molecule has 0 bridgehead atoms. The fraction of sp³-hybridized carbons (Fsp3) is 0.600. The molecular weight excluding hydrogens is 401 g/mol. The van der Waals surface area contributed by atoms with Crippen LogP contribution in [-0.2, 0) is 19.1 Å². The summed E-state index contributed by atoms with van der Waals surface area (Å²) in [4.78, 5) is 38.0. The Balaban J connectivity index is 1.98. The molecule has 25 heavy (non-hydrogen) atoms. The molecular formula is C15H19BrFN3O5. The van der Waals surface area contributed by atoms with Gasteiger partial charge in [-0.3, -0.25) is 14.2 Å². The number of aromatic nitrogens is 2. The molecule has 1 aliphatic rings. The molecule has 4 unspecified atom stereocenters. The summed E-state index contributed by atoms with van der Waals surface area (Å²) in [6.45, 7) is 2.75. The summed E-state index contributed by atoms with van der Waals surface area (Å²) in [7, 11) is 0. The van der Waals surface area contributed by atoms with Gasteiger partial charge in [-0.25, -0.2) is 9.18 Å². The Hall–Kier alpha value is -1.81. The second kappa shape index (κ2) is 8.05. The predicted molar refractivity (Wildman–Crippen MR) is 89.6 cm³/mol. The minimum absolute atomic E-state index is 0.123. The normalized spacial score (nSPS) is 24.1. The lowest BCUT2D eigenvalue weighted by molar-refractivity contribution is -0.152. The van der Waals surface area contributed by atoms with Crippen LogP contribution in [-0.4, -0.2) is 38.3 Å². The molecule has 138 valence electrons. The maximum Gasteiger partial charge on any atom is 0.351 e. The molecule has 0 aromatic carbocycles. The lowest BCUT2D eigenvalue weighted by Crippen LogP contribution is -2.29. The van der Waals surface area contributed by atoms with Gasteiger partial charge in [0.05, 0.1) is 12.3 Å². The first-order valence-corrected chi connectivity index (χ1v) is 8.64. The first kappa shape index (κ1) is 19.5. The number of ketones is 1. The number of ether oxygens (including phenoxy) is 2. The zero-order valence-electron chi connectivity index (χ0n) is 13.8. The Morgan fingerprint density at radius 1 is 1.60 bits per heavy atom. The number of hydrogen-bond acceptors (Lipinski definition) is 7. The highest BCUT2D eigenvalue weighted by atomic mass is 79.9. The molecule has 0 saturated carbocycles. The Morgan fingerprint density at radius 3 is 2.92 bits per heavy atom. The van der Waals surface area contributed by atoms with Crippen LogP contribution < -0.4 is 11.4 Å². The van der Waals surface area contributed by atoms with Gasteiger partial charge in [0.2, 0.25) is 0 Å². The maximum absolute atomic E-state index is 13.6. The topological polar surface area (TPSA) is 114 Å². The highest BCUT2D eigenvalue weighted by Crippen LogP contribution is 2.35. The van der Waals surface area contributed by atoms with Crippen LogP contribution in [0.5, 0.6) is 0 Å². The number of nitrogen functional groups attached to an aromatic ring is 1. The minimum atomic E-state index is -0.818. The van der Waals surface area contributed by atoms with Crippen molar-refractivity contribution in [2.24, 2.45) is 0 Å². The van der Waals surface area contributed by atoms with Crippen molar-refractivity contribution in [2.45, 2.75) is 56.4 Å². The van der Waals surface area contributed by atoms with Gasteiger partial charge in [-0.15, -0.1) is 0 Å². The molecule has 10 heteroatoms. The van der Waals surface area contributed by atoms with Crippen LogP contribution >= 0.6 is 15.9 Å². The van der Waals surface area contributed by atoms with Crippen LogP contribution in [0.4, 0.5) is 10.2 Å². The summed E-state index contributed by atoms with van der Waals surface area (Å²) in [5.74, 6) is -2.01. The summed E-state index contributed by atoms with van der Waals surface area (Å²) in [5.41, 5.74) is 4.56. The summed E-state index contributed by atoms with van der Waals surface area (Å²) >= 11 is 3.45. The Labute approximate surface area is 151 Å². The van der Waals surface area contributed by atoms with Crippen molar-refractivity contribution in [3.05, 3.63) is 22.5 Å². The van der Waals surface area contributed by atoms with E-state index >= 15 is 0 Å². The van der Waals surface area contributed by atoms with Crippen LogP contribution in [0, 0.1) is 5.82 Å². The third-order valence-electron chi connectivity index (χ3n) is 3.88. The molecule has 1 aromatic rings. The number of hydrogen-bond donors (Lipinski definition) is 1. The van der Waals surface area contributed by atoms with Gasteiger partial charge in [0.25, 0.3) is 0 Å². The van der Waals surface area contributed by atoms with Crippen molar-refractivity contribution in [2.75, 3.05) is 5.73 Å². The van der Waals surface area contributed by atoms with E-state index in [0.717, 1.165) is 10.8 Å². The molecule has 0 radical (unpaired) electrons. The van der Waals surface area contributed by atoms with Gasteiger partial charge in [-0.1, -0.05) is 15.9 Å². The molecule has 2 rings (SSSR count). The van der Waals surface area contributed by atoms with E-state index in [-0.39, 0.29) is 23.1 Å². The number of anilines is 1. The van der Waals surface area contributed by atoms with Crippen LogP contribution in [0.2, 0.25) is 0 Å². The lowest BCUT2D eigenvalue weighted by atomic mass is 10.1.